The zero-order valence-electron chi connectivity index (χ0n) is 18.4. The van der Waals surface area contributed by atoms with Crippen molar-refractivity contribution in [3.8, 4) is 0 Å². The van der Waals surface area contributed by atoms with E-state index >= 15 is 0 Å². The van der Waals surface area contributed by atoms with Gasteiger partial charge in [-0.3, -0.25) is 4.90 Å². The monoisotopic (exact) mass is 425 g/mol. The van der Waals surface area contributed by atoms with Gasteiger partial charge in [0.2, 0.25) is 0 Å². The van der Waals surface area contributed by atoms with Gasteiger partial charge >= 0.3 is 12.1 Å². The molecule has 1 fully saturated rings. The van der Waals surface area contributed by atoms with E-state index in [4.69, 9.17) is 9.47 Å². The Morgan fingerprint density at radius 3 is 2.26 bits per heavy atom. The maximum atomic E-state index is 13.0. The van der Waals surface area contributed by atoms with E-state index in [0.29, 0.717) is 19.3 Å². The van der Waals surface area contributed by atoms with Crippen LogP contribution in [0.5, 0.6) is 0 Å². The van der Waals surface area contributed by atoms with E-state index in [9.17, 15) is 14.7 Å². The molecular formula is C25H31NO5. The number of hydrogen-bond acceptors (Lipinski definition) is 5. The van der Waals surface area contributed by atoms with Crippen molar-refractivity contribution >= 4 is 12.1 Å². The fourth-order valence-corrected chi connectivity index (χ4v) is 3.85. The van der Waals surface area contributed by atoms with Gasteiger partial charge in [0.1, 0.15) is 18.2 Å². The molecule has 6 heteroatoms. The molecule has 1 saturated heterocycles. The molecule has 1 aliphatic rings. The molecule has 3 rings (SSSR count). The number of hydrogen-bond donors (Lipinski definition) is 1. The van der Waals surface area contributed by atoms with Crippen LogP contribution in [0.4, 0.5) is 4.79 Å². The zero-order valence-corrected chi connectivity index (χ0v) is 18.4. The van der Waals surface area contributed by atoms with Gasteiger partial charge in [-0.05, 0) is 51.2 Å². The highest BCUT2D eigenvalue weighted by atomic mass is 16.6. The Kier molecular flexibility index (Phi) is 7.33. The quantitative estimate of drug-likeness (QED) is 0.684. The molecule has 0 aliphatic carbocycles. The van der Waals surface area contributed by atoms with Crippen LogP contribution >= 0.6 is 0 Å². The van der Waals surface area contributed by atoms with Gasteiger partial charge in [-0.2, -0.15) is 0 Å². The third-order valence-electron chi connectivity index (χ3n) is 5.28. The fraction of sp³-hybridized carbons (Fsp3) is 0.440. The smallest absolute Gasteiger partial charge is 0.411 e. The molecule has 0 unspecified atom stereocenters. The number of rotatable bonds is 6. The number of ether oxygens (including phenoxy) is 2. The van der Waals surface area contributed by atoms with Crippen molar-refractivity contribution in [2.75, 3.05) is 0 Å². The van der Waals surface area contributed by atoms with Gasteiger partial charge in [-0.1, -0.05) is 60.7 Å². The van der Waals surface area contributed by atoms with Gasteiger partial charge in [-0.15, -0.1) is 0 Å². The minimum Gasteiger partial charge on any atom is -0.458 e. The lowest BCUT2D eigenvalue weighted by Gasteiger charge is -2.31. The summed E-state index contributed by atoms with van der Waals surface area (Å²) >= 11 is 0. The van der Waals surface area contributed by atoms with Crippen molar-refractivity contribution in [3.63, 3.8) is 0 Å². The predicted octanol–water partition coefficient (Wildman–Crippen LogP) is 4.62. The largest absolute Gasteiger partial charge is 0.458 e. The van der Waals surface area contributed by atoms with E-state index < -0.39 is 29.8 Å². The molecule has 2 aromatic rings. The molecule has 1 N–H and O–H groups in total. The first-order valence-corrected chi connectivity index (χ1v) is 10.7. The standard InChI is InChI=1S/C25H31NO5/c1-25(2,3)31-23(28)21-15-14-20(16-22(27)19-12-8-5-9-13-19)26(21)24(29)30-17-18-10-6-4-7-11-18/h4-13,20-22,27H,14-17H2,1-3H3/t20-,21+,22-/m1/s1. The Balaban J connectivity index is 1.75. The van der Waals surface area contributed by atoms with E-state index in [-0.39, 0.29) is 12.6 Å². The lowest BCUT2D eigenvalue weighted by Crippen LogP contribution is -2.47. The van der Waals surface area contributed by atoms with Gasteiger partial charge in [0.05, 0.1) is 6.10 Å². The molecule has 0 spiro atoms. The summed E-state index contributed by atoms with van der Waals surface area (Å²) in [6.45, 7) is 5.52. The fourth-order valence-electron chi connectivity index (χ4n) is 3.85. The van der Waals surface area contributed by atoms with Crippen LogP contribution in [0, 0.1) is 0 Å². The summed E-state index contributed by atoms with van der Waals surface area (Å²) in [6.07, 6.45) is 0.0787. The minimum absolute atomic E-state index is 0.116. The van der Waals surface area contributed by atoms with Crippen LogP contribution in [0.25, 0.3) is 0 Å². The molecule has 1 amide bonds. The molecule has 166 valence electrons. The first kappa shape index (κ1) is 22.8. The number of esters is 1. The first-order chi connectivity index (χ1) is 14.7. The molecule has 6 nitrogen and oxygen atoms in total. The molecule has 1 heterocycles. The van der Waals surface area contributed by atoms with Crippen molar-refractivity contribution in [1.82, 2.24) is 4.90 Å². The number of amides is 1. The lowest BCUT2D eigenvalue weighted by molar-refractivity contribution is -0.160. The van der Waals surface area contributed by atoms with Crippen molar-refractivity contribution in [2.45, 2.75) is 70.4 Å². The number of likely N-dealkylation sites (tertiary alicyclic amines) is 1. The number of carbonyl (C=O) groups is 2. The van der Waals surface area contributed by atoms with Crippen molar-refractivity contribution in [1.29, 1.82) is 0 Å². The van der Waals surface area contributed by atoms with Crippen LogP contribution < -0.4 is 0 Å². The van der Waals surface area contributed by atoms with Crippen LogP contribution in [0.3, 0.4) is 0 Å². The van der Waals surface area contributed by atoms with Crippen LogP contribution in [0.15, 0.2) is 60.7 Å². The van der Waals surface area contributed by atoms with Crippen LogP contribution in [-0.2, 0) is 20.9 Å². The van der Waals surface area contributed by atoms with Crippen LogP contribution in [0.2, 0.25) is 0 Å². The predicted molar refractivity (Wildman–Crippen MR) is 117 cm³/mol. The lowest BCUT2D eigenvalue weighted by atomic mass is 10.0. The second kappa shape index (κ2) is 9.96. The molecule has 0 bridgehead atoms. The van der Waals surface area contributed by atoms with Gasteiger partial charge in [0, 0.05) is 6.04 Å². The van der Waals surface area contributed by atoms with Crippen LogP contribution in [0.1, 0.15) is 57.3 Å². The SMILES string of the molecule is CC(C)(C)OC(=O)[C@@H]1CC[C@H](C[C@@H](O)c2ccccc2)N1C(=O)OCc1ccccc1. The number of nitrogens with zero attached hydrogens (tertiary/aromatic N) is 1. The molecule has 3 atom stereocenters. The highest BCUT2D eigenvalue weighted by Crippen LogP contribution is 2.33. The van der Waals surface area contributed by atoms with Gasteiger partial charge in [-0.25, -0.2) is 9.59 Å². The topological polar surface area (TPSA) is 76.1 Å². The first-order valence-electron chi connectivity index (χ1n) is 10.7. The van der Waals surface area contributed by atoms with Gasteiger partial charge in [0.25, 0.3) is 0 Å². The average molecular weight is 426 g/mol. The molecule has 0 saturated carbocycles. The minimum atomic E-state index is -0.743. The Morgan fingerprint density at radius 2 is 1.65 bits per heavy atom. The maximum absolute atomic E-state index is 13.0. The number of benzene rings is 2. The highest BCUT2D eigenvalue weighted by molar-refractivity contribution is 5.82. The normalized spacial score (nSPS) is 19.7. The van der Waals surface area contributed by atoms with Crippen LogP contribution in [-0.4, -0.2) is 39.8 Å². The summed E-state index contributed by atoms with van der Waals surface area (Å²) in [6, 6.07) is 17.7. The van der Waals surface area contributed by atoms with E-state index in [1.54, 1.807) is 20.8 Å². The van der Waals surface area contributed by atoms with Gasteiger partial charge in [0.15, 0.2) is 0 Å². The third kappa shape index (κ3) is 6.31. The number of carbonyl (C=O) groups excluding carboxylic acids is 2. The van der Waals surface area contributed by atoms with E-state index in [1.807, 2.05) is 60.7 Å². The molecule has 1 aliphatic heterocycles. The van der Waals surface area contributed by atoms with E-state index in [2.05, 4.69) is 0 Å². The Morgan fingerprint density at radius 1 is 1.03 bits per heavy atom. The molecular weight excluding hydrogens is 394 g/mol. The second-order valence-corrected chi connectivity index (χ2v) is 8.89. The summed E-state index contributed by atoms with van der Waals surface area (Å²) in [5.41, 5.74) is 0.990. The molecule has 31 heavy (non-hydrogen) atoms. The zero-order chi connectivity index (χ0) is 22.4. The van der Waals surface area contributed by atoms with Crippen molar-refractivity contribution < 1.29 is 24.2 Å². The number of aliphatic hydroxyl groups is 1. The summed E-state index contributed by atoms with van der Waals surface area (Å²) in [7, 11) is 0. The van der Waals surface area contributed by atoms with E-state index in [1.165, 1.54) is 4.90 Å². The maximum Gasteiger partial charge on any atom is 0.411 e. The molecule has 0 radical (unpaired) electrons. The van der Waals surface area contributed by atoms with Gasteiger partial charge < -0.3 is 14.6 Å². The Bertz CT molecular complexity index is 862. The summed E-state index contributed by atoms with van der Waals surface area (Å²) < 4.78 is 11.1. The summed E-state index contributed by atoms with van der Waals surface area (Å²) in [5.74, 6) is -0.444. The summed E-state index contributed by atoms with van der Waals surface area (Å²) in [5, 5.41) is 10.7. The van der Waals surface area contributed by atoms with Crippen molar-refractivity contribution in [2.24, 2.45) is 0 Å². The Labute approximate surface area is 183 Å². The second-order valence-electron chi connectivity index (χ2n) is 8.89. The van der Waals surface area contributed by atoms with E-state index in [0.717, 1.165) is 11.1 Å². The van der Waals surface area contributed by atoms with Crippen molar-refractivity contribution in [3.05, 3.63) is 71.8 Å². The highest BCUT2D eigenvalue weighted by Gasteiger charge is 2.44. The molecule has 2 aromatic carbocycles. The summed E-state index contributed by atoms with van der Waals surface area (Å²) in [4.78, 5) is 27.3. The average Bonchev–Trinajstić information content (AvgIpc) is 3.16. The number of aliphatic hydroxyl groups excluding tert-OH is 1. The molecule has 0 aromatic heterocycles. The Hall–Kier alpha value is -2.86. The third-order valence-corrected chi connectivity index (χ3v) is 5.28.